The molecule has 1 aromatic rings. The highest BCUT2D eigenvalue weighted by Gasteiger charge is 2.36. The van der Waals surface area contributed by atoms with E-state index in [1.54, 1.807) is 0 Å². The van der Waals surface area contributed by atoms with Crippen LogP contribution in [0.25, 0.3) is 0 Å². The number of ether oxygens (including phenoxy) is 1. The van der Waals surface area contributed by atoms with Crippen LogP contribution < -0.4 is 9.03 Å². The lowest BCUT2D eigenvalue weighted by Crippen LogP contribution is -2.29. The van der Waals surface area contributed by atoms with Gasteiger partial charge in [-0.3, -0.25) is 4.79 Å². The highest BCUT2D eigenvalue weighted by atomic mass is 32.2. The van der Waals surface area contributed by atoms with Crippen LogP contribution in [0.4, 0.5) is 5.69 Å². The molecule has 1 N–H and O–H groups in total. The maximum Gasteiger partial charge on any atom is 0.242 e. The molecule has 10 heteroatoms. The number of sulfonamides is 2. The largest absolute Gasteiger partial charge is 0.379 e. The smallest absolute Gasteiger partial charge is 0.242 e. The van der Waals surface area contributed by atoms with Crippen molar-refractivity contribution < 1.29 is 26.4 Å². The number of hydrogen-bond acceptors (Lipinski definition) is 6. The zero-order chi connectivity index (χ0) is 18.7. The number of amides is 1. The third kappa shape index (κ3) is 5.00. The molecule has 1 aliphatic heterocycles. The maximum absolute atomic E-state index is 12.2. The summed E-state index contributed by atoms with van der Waals surface area (Å²) in [5.41, 5.74) is 0.145. The lowest BCUT2D eigenvalue weighted by atomic mass is 10.3. The second-order valence-corrected chi connectivity index (χ2v) is 9.59. The lowest BCUT2D eigenvalue weighted by Gasteiger charge is -2.15. The predicted octanol–water partition coefficient (Wildman–Crippen LogP) is 0.847. The van der Waals surface area contributed by atoms with Crippen molar-refractivity contribution >= 4 is 31.6 Å². The van der Waals surface area contributed by atoms with Gasteiger partial charge in [-0.2, -0.15) is 0 Å². The third-order valence-electron chi connectivity index (χ3n) is 3.52. The lowest BCUT2D eigenvalue weighted by molar-refractivity contribution is -0.116. The van der Waals surface area contributed by atoms with Gasteiger partial charge in [-0.1, -0.05) is 0 Å². The van der Waals surface area contributed by atoms with E-state index in [2.05, 4.69) is 4.72 Å². The Morgan fingerprint density at radius 3 is 2.40 bits per heavy atom. The second-order valence-electron chi connectivity index (χ2n) is 5.89. The Hall–Kier alpha value is -1.49. The first kappa shape index (κ1) is 19.8. The van der Waals surface area contributed by atoms with Gasteiger partial charge in [0, 0.05) is 19.6 Å². The number of rotatable bonds is 8. The topological polar surface area (TPSA) is 110 Å². The average molecular weight is 390 g/mol. The molecule has 0 saturated carbocycles. The van der Waals surface area contributed by atoms with Crippen LogP contribution in [0.15, 0.2) is 29.2 Å². The van der Waals surface area contributed by atoms with Crippen molar-refractivity contribution in [1.82, 2.24) is 4.72 Å². The standard InChI is InChI=1S/C15H22N2O6S2/c1-12(2)23-10-3-9-16-25(21,22)14-6-4-13(5-7-14)17-15(18)8-11-24(17,19)20/h4-7,12,16H,3,8-11H2,1-2H3. The fourth-order valence-electron chi connectivity index (χ4n) is 2.31. The molecule has 1 heterocycles. The van der Waals surface area contributed by atoms with Gasteiger partial charge < -0.3 is 4.74 Å². The van der Waals surface area contributed by atoms with E-state index in [-0.39, 0.29) is 35.4 Å². The van der Waals surface area contributed by atoms with Gasteiger partial charge >= 0.3 is 0 Å². The summed E-state index contributed by atoms with van der Waals surface area (Å²) >= 11 is 0. The van der Waals surface area contributed by atoms with Crippen LogP contribution in [-0.2, 0) is 29.6 Å². The summed E-state index contributed by atoms with van der Waals surface area (Å²) in [4.78, 5) is 11.7. The van der Waals surface area contributed by atoms with Crippen molar-refractivity contribution in [2.75, 3.05) is 23.2 Å². The molecule has 1 aliphatic rings. The average Bonchev–Trinajstić information content (AvgIpc) is 2.80. The number of nitrogens with zero attached hydrogens (tertiary/aromatic N) is 1. The quantitative estimate of drug-likeness (QED) is 0.659. The molecule has 0 spiro atoms. The highest BCUT2D eigenvalue weighted by Crippen LogP contribution is 2.26. The molecule has 1 aromatic carbocycles. The summed E-state index contributed by atoms with van der Waals surface area (Å²) in [5, 5.41) is 0. The van der Waals surface area contributed by atoms with Crippen LogP contribution in [0.2, 0.25) is 0 Å². The van der Waals surface area contributed by atoms with Gasteiger partial charge in [0.15, 0.2) is 0 Å². The number of nitrogens with one attached hydrogen (secondary N) is 1. The predicted molar refractivity (Wildman–Crippen MR) is 93.2 cm³/mol. The number of carbonyl (C=O) groups is 1. The van der Waals surface area contributed by atoms with Crippen LogP contribution in [0.3, 0.4) is 0 Å². The Morgan fingerprint density at radius 1 is 1.24 bits per heavy atom. The second kappa shape index (κ2) is 7.81. The van der Waals surface area contributed by atoms with E-state index in [1.165, 1.54) is 24.3 Å². The van der Waals surface area contributed by atoms with Crippen molar-refractivity contribution in [3.05, 3.63) is 24.3 Å². The zero-order valence-corrected chi connectivity index (χ0v) is 15.8. The molecule has 25 heavy (non-hydrogen) atoms. The molecule has 1 saturated heterocycles. The number of carbonyl (C=O) groups excluding carboxylic acids is 1. The first-order valence-corrected chi connectivity index (χ1v) is 11.0. The summed E-state index contributed by atoms with van der Waals surface area (Å²) < 4.78 is 56.7. The monoisotopic (exact) mass is 390 g/mol. The molecule has 0 radical (unpaired) electrons. The van der Waals surface area contributed by atoms with Gasteiger partial charge in [0.05, 0.1) is 22.4 Å². The van der Waals surface area contributed by atoms with Crippen LogP contribution in [0.5, 0.6) is 0 Å². The Morgan fingerprint density at radius 2 is 1.88 bits per heavy atom. The number of anilines is 1. The van der Waals surface area contributed by atoms with Gasteiger partial charge in [-0.05, 0) is 44.5 Å². The molecular weight excluding hydrogens is 368 g/mol. The van der Waals surface area contributed by atoms with E-state index in [4.69, 9.17) is 4.74 Å². The first-order chi connectivity index (χ1) is 11.6. The summed E-state index contributed by atoms with van der Waals surface area (Å²) in [5.74, 6) is -0.745. The fraction of sp³-hybridized carbons (Fsp3) is 0.533. The molecule has 0 aliphatic carbocycles. The van der Waals surface area contributed by atoms with E-state index in [9.17, 15) is 21.6 Å². The summed E-state index contributed by atoms with van der Waals surface area (Å²) in [6.07, 6.45) is 0.562. The minimum absolute atomic E-state index is 0.00470. The van der Waals surface area contributed by atoms with Gasteiger partial charge in [0.25, 0.3) is 0 Å². The van der Waals surface area contributed by atoms with Crippen LogP contribution in [-0.4, -0.2) is 47.8 Å². The van der Waals surface area contributed by atoms with Crippen molar-refractivity contribution in [1.29, 1.82) is 0 Å². The van der Waals surface area contributed by atoms with Gasteiger partial charge in [-0.15, -0.1) is 0 Å². The van der Waals surface area contributed by atoms with Crippen molar-refractivity contribution in [3.63, 3.8) is 0 Å². The van der Waals surface area contributed by atoms with Crippen LogP contribution >= 0.6 is 0 Å². The van der Waals surface area contributed by atoms with E-state index < -0.39 is 26.0 Å². The zero-order valence-electron chi connectivity index (χ0n) is 14.1. The Labute approximate surface area is 148 Å². The SMILES string of the molecule is CC(C)OCCCNS(=O)(=O)c1ccc(N2C(=O)CCS2(=O)=O)cc1. The normalized spacial score (nSPS) is 17.4. The molecule has 1 amide bonds. The van der Waals surface area contributed by atoms with Crippen LogP contribution in [0.1, 0.15) is 26.7 Å². The van der Waals surface area contributed by atoms with E-state index in [0.29, 0.717) is 13.0 Å². The Kier molecular flexibility index (Phi) is 6.20. The molecule has 0 aromatic heterocycles. The summed E-state index contributed by atoms with van der Waals surface area (Å²) in [6.45, 7) is 4.48. The van der Waals surface area contributed by atoms with Gasteiger partial charge in [0.2, 0.25) is 26.0 Å². The Balaban J connectivity index is 2.02. The van der Waals surface area contributed by atoms with Gasteiger partial charge in [-0.25, -0.2) is 25.9 Å². The Bertz CT molecular complexity index is 816. The van der Waals surface area contributed by atoms with E-state index in [1.807, 2.05) is 13.8 Å². The minimum atomic E-state index is -3.70. The molecule has 140 valence electrons. The minimum Gasteiger partial charge on any atom is -0.379 e. The first-order valence-electron chi connectivity index (χ1n) is 7.91. The maximum atomic E-state index is 12.2. The number of benzene rings is 1. The highest BCUT2D eigenvalue weighted by molar-refractivity contribution is 7.94. The van der Waals surface area contributed by atoms with Crippen molar-refractivity contribution in [3.8, 4) is 0 Å². The molecule has 0 atom stereocenters. The van der Waals surface area contributed by atoms with Crippen molar-refractivity contribution in [2.45, 2.75) is 37.7 Å². The summed E-state index contributed by atoms with van der Waals surface area (Å²) in [6, 6.07) is 5.20. The number of hydrogen-bond donors (Lipinski definition) is 1. The molecule has 0 bridgehead atoms. The molecule has 0 unspecified atom stereocenters. The van der Waals surface area contributed by atoms with E-state index in [0.717, 1.165) is 4.31 Å². The molecular formula is C15H22N2O6S2. The molecule has 8 nitrogen and oxygen atoms in total. The van der Waals surface area contributed by atoms with Crippen molar-refractivity contribution in [2.24, 2.45) is 0 Å². The third-order valence-corrected chi connectivity index (χ3v) is 6.69. The molecule has 1 fully saturated rings. The van der Waals surface area contributed by atoms with E-state index >= 15 is 0 Å². The fourth-order valence-corrected chi connectivity index (χ4v) is 4.84. The summed E-state index contributed by atoms with van der Waals surface area (Å²) in [7, 11) is -7.36. The van der Waals surface area contributed by atoms with Crippen LogP contribution in [0, 0.1) is 0 Å². The molecule has 2 rings (SSSR count). The van der Waals surface area contributed by atoms with Gasteiger partial charge in [0.1, 0.15) is 0 Å².